The maximum Gasteiger partial charge on any atom is 0.251 e. The minimum atomic E-state index is -0.427. The average molecular weight is 290 g/mol. The Morgan fingerprint density at radius 1 is 1.25 bits per heavy atom. The highest BCUT2D eigenvalue weighted by Crippen LogP contribution is 2.18. The van der Waals surface area contributed by atoms with Crippen molar-refractivity contribution >= 4 is 17.5 Å². The molecule has 0 bridgehead atoms. The summed E-state index contributed by atoms with van der Waals surface area (Å²) in [6.07, 6.45) is 0. The van der Waals surface area contributed by atoms with Crippen molar-refractivity contribution in [2.45, 2.75) is 13.0 Å². The van der Waals surface area contributed by atoms with E-state index in [4.69, 9.17) is 11.6 Å². The lowest BCUT2D eigenvalue weighted by molar-refractivity contribution is 0.0916. The van der Waals surface area contributed by atoms with Gasteiger partial charge in [0.05, 0.1) is 12.6 Å². The molecule has 2 aromatic rings. The third kappa shape index (κ3) is 3.38. The van der Waals surface area contributed by atoms with Gasteiger partial charge in [0.15, 0.2) is 0 Å². The van der Waals surface area contributed by atoms with Gasteiger partial charge in [0.2, 0.25) is 0 Å². The van der Waals surface area contributed by atoms with Crippen LogP contribution >= 0.6 is 11.6 Å². The molecule has 2 N–H and O–H groups in total. The molecule has 2 aromatic carbocycles. The first-order valence-corrected chi connectivity index (χ1v) is 6.72. The number of halogens is 1. The van der Waals surface area contributed by atoms with Crippen LogP contribution in [-0.2, 0) is 0 Å². The summed E-state index contributed by atoms with van der Waals surface area (Å²) in [5.41, 5.74) is 2.27. The minimum absolute atomic E-state index is 0.157. The van der Waals surface area contributed by atoms with Gasteiger partial charge in [-0.05, 0) is 30.2 Å². The van der Waals surface area contributed by atoms with Crippen LogP contribution in [0, 0.1) is 6.92 Å². The van der Waals surface area contributed by atoms with E-state index in [1.807, 2.05) is 37.3 Å². The predicted octanol–water partition coefficient (Wildman–Crippen LogP) is 3.11. The molecule has 0 unspecified atom stereocenters. The Morgan fingerprint density at radius 2 is 1.95 bits per heavy atom. The van der Waals surface area contributed by atoms with Crippen LogP contribution in [0.1, 0.15) is 27.5 Å². The number of carbonyl (C=O) groups excluding carboxylic acids is 1. The monoisotopic (exact) mass is 289 g/mol. The summed E-state index contributed by atoms with van der Waals surface area (Å²) in [5.74, 6) is -0.255. The number of aryl methyl sites for hydroxylation is 1. The minimum Gasteiger partial charge on any atom is -0.394 e. The van der Waals surface area contributed by atoms with Crippen molar-refractivity contribution in [2.75, 3.05) is 6.61 Å². The van der Waals surface area contributed by atoms with Crippen LogP contribution in [0.3, 0.4) is 0 Å². The first-order valence-electron chi connectivity index (χ1n) is 6.34. The van der Waals surface area contributed by atoms with Crippen molar-refractivity contribution in [3.63, 3.8) is 0 Å². The molecule has 104 valence electrons. The van der Waals surface area contributed by atoms with Crippen LogP contribution in [0.5, 0.6) is 0 Å². The summed E-state index contributed by atoms with van der Waals surface area (Å²) in [4.78, 5) is 12.2. The van der Waals surface area contributed by atoms with Crippen LogP contribution < -0.4 is 5.32 Å². The van der Waals surface area contributed by atoms with E-state index in [2.05, 4.69) is 5.32 Å². The molecule has 4 heteroatoms. The van der Waals surface area contributed by atoms with Gasteiger partial charge in [0, 0.05) is 10.6 Å². The highest BCUT2D eigenvalue weighted by atomic mass is 35.5. The Balaban J connectivity index is 2.15. The maximum atomic E-state index is 12.2. The second kappa shape index (κ2) is 6.55. The lowest BCUT2D eigenvalue weighted by Gasteiger charge is -2.17. The smallest absolute Gasteiger partial charge is 0.251 e. The van der Waals surface area contributed by atoms with Gasteiger partial charge in [0.1, 0.15) is 0 Å². The van der Waals surface area contributed by atoms with Crippen LogP contribution in [0.15, 0.2) is 48.5 Å². The summed E-state index contributed by atoms with van der Waals surface area (Å²) in [7, 11) is 0. The molecule has 0 aliphatic rings. The summed E-state index contributed by atoms with van der Waals surface area (Å²) in [6.45, 7) is 1.72. The number of benzene rings is 2. The van der Waals surface area contributed by atoms with E-state index in [-0.39, 0.29) is 12.5 Å². The van der Waals surface area contributed by atoms with Crippen LogP contribution in [-0.4, -0.2) is 17.6 Å². The molecule has 0 spiro atoms. The molecule has 3 nitrogen and oxygen atoms in total. The molecule has 0 heterocycles. The molecular weight excluding hydrogens is 274 g/mol. The van der Waals surface area contributed by atoms with Crippen molar-refractivity contribution < 1.29 is 9.90 Å². The van der Waals surface area contributed by atoms with Crippen molar-refractivity contribution in [2.24, 2.45) is 0 Å². The van der Waals surface area contributed by atoms with E-state index in [0.717, 1.165) is 11.1 Å². The summed E-state index contributed by atoms with van der Waals surface area (Å²) >= 11 is 6.02. The molecule has 1 amide bonds. The molecular formula is C16H16ClNO2. The molecule has 20 heavy (non-hydrogen) atoms. The molecule has 0 aromatic heterocycles. The fourth-order valence-corrected chi connectivity index (χ4v) is 2.08. The van der Waals surface area contributed by atoms with E-state index in [0.29, 0.717) is 10.6 Å². The molecule has 2 rings (SSSR count). The fraction of sp³-hybridized carbons (Fsp3) is 0.188. The van der Waals surface area contributed by atoms with Crippen molar-refractivity contribution in [1.82, 2.24) is 5.32 Å². The third-order valence-electron chi connectivity index (χ3n) is 3.12. The summed E-state index contributed by atoms with van der Waals surface area (Å²) in [5, 5.41) is 12.8. The van der Waals surface area contributed by atoms with Gasteiger partial charge in [0.25, 0.3) is 5.91 Å². The molecule has 0 radical (unpaired) electrons. The van der Waals surface area contributed by atoms with E-state index in [9.17, 15) is 9.90 Å². The van der Waals surface area contributed by atoms with Crippen molar-refractivity contribution in [3.8, 4) is 0 Å². The average Bonchev–Trinajstić information content (AvgIpc) is 2.48. The second-order valence-corrected chi connectivity index (χ2v) is 4.99. The predicted molar refractivity (Wildman–Crippen MR) is 79.9 cm³/mol. The second-order valence-electron chi connectivity index (χ2n) is 4.58. The highest BCUT2D eigenvalue weighted by Gasteiger charge is 2.15. The standard InChI is InChI=1S/C16H16ClNO2/c1-11-7-8-13(9-14(11)17)16(20)18-15(10-19)12-5-3-2-4-6-12/h2-9,15,19H,10H2,1H3,(H,18,20)/t15-/m1/s1. The van der Waals surface area contributed by atoms with Crippen LogP contribution in [0.4, 0.5) is 0 Å². The van der Waals surface area contributed by atoms with Crippen LogP contribution in [0.2, 0.25) is 5.02 Å². The Hall–Kier alpha value is -1.84. The Bertz CT molecular complexity index is 599. The van der Waals surface area contributed by atoms with E-state index >= 15 is 0 Å². The molecule has 0 aliphatic heterocycles. The first-order chi connectivity index (χ1) is 9.61. The van der Waals surface area contributed by atoms with E-state index < -0.39 is 6.04 Å². The third-order valence-corrected chi connectivity index (χ3v) is 3.53. The molecule has 0 fully saturated rings. The number of nitrogens with one attached hydrogen (secondary N) is 1. The zero-order chi connectivity index (χ0) is 14.5. The van der Waals surface area contributed by atoms with Gasteiger partial charge < -0.3 is 10.4 Å². The summed E-state index contributed by atoms with van der Waals surface area (Å²) < 4.78 is 0. The summed E-state index contributed by atoms with van der Waals surface area (Å²) in [6, 6.07) is 14.1. The highest BCUT2D eigenvalue weighted by molar-refractivity contribution is 6.31. The SMILES string of the molecule is Cc1ccc(C(=O)N[C@H](CO)c2ccccc2)cc1Cl. The number of hydrogen-bond acceptors (Lipinski definition) is 2. The van der Waals surface area contributed by atoms with Gasteiger partial charge in [-0.25, -0.2) is 0 Å². The van der Waals surface area contributed by atoms with E-state index in [1.54, 1.807) is 18.2 Å². The number of carbonyl (C=O) groups is 1. The Labute approximate surface area is 123 Å². The van der Waals surface area contributed by atoms with Crippen molar-refractivity contribution in [3.05, 3.63) is 70.2 Å². The first kappa shape index (κ1) is 14.6. The topological polar surface area (TPSA) is 49.3 Å². The number of aliphatic hydroxyl groups excluding tert-OH is 1. The maximum absolute atomic E-state index is 12.2. The van der Waals surface area contributed by atoms with Crippen molar-refractivity contribution in [1.29, 1.82) is 0 Å². The fourth-order valence-electron chi connectivity index (χ4n) is 1.90. The van der Waals surface area contributed by atoms with Gasteiger partial charge >= 0.3 is 0 Å². The Kier molecular flexibility index (Phi) is 4.77. The largest absolute Gasteiger partial charge is 0.394 e. The molecule has 1 atom stereocenters. The van der Waals surface area contributed by atoms with Gasteiger partial charge in [-0.3, -0.25) is 4.79 Å². The van der Waals surface area contributed by atoms with Crippen LogP contribution in [0.25, 0.3) is 0 Å². The van der Waals surface area contributed by atoms with E-state index in [1.165, 1.54) is 0 Å². The van der Waals surface area contributed by atoms with Gasteiger partial charge in [-0.15, -0.1) is 0 Å². The zero-order valence-corrected chi connectivity index (χ0v) is 11.9. The number of hydrogen-bond donors (Lipinski definition) is 2. The zero-order valence-electron chi connectivity index (χ0n) is 11.1. The van der Waals surface area contributed by atoms with Gasteiger partial charge in [-0.1, -0.05) is 48.0 Å². The number of aliphatic hydroxyl groups is 1. The normalized spacial score (nSPS) is 11.9. The lowest BCUT2D eigenvalue weighted by Crippen LogP contribution is -2.30. The quantitative estimate of drug-likeness (QED) is 0.908. The number of amides is 1. The Morgan fingerprint density at radius 3 is 2.55 bits per heavy atom. The number of rotatable bonds is 4. The van der Waals surface area contributed by atoms with Gasteiger partial charge in [-0.2, -0.15) is 0 Å². The molecule has 0 saturated heterocycles. The molecule has 0 saturated carbocycles. The lowest BCUT2D eigenvalue weighted by atomic mass is 10.1. The molecule has 0 aliphatic carbocycles.